The summed E-state index contributed by atoms with van der Waals surface area (Å²) in [5.41, 5.74) is -0.716. The van der Waals surface area contributed by atoms with E-state index in [0.717, 1.165) is 0 Å². The van der Waals surface area contributed by atoms with Crippen LogP contribution in [0.1, 0.15) is 20.8 Å². The van der Waals surface area contributed by atoms with Gasteiger partial charge in [-0.25, -0.2) is 4.79 Å². The summed E-state index contributed by atoms with van der Waals surface area (Å²) in [7, 11) is 1.18. The van der Waals surface area contributed by atoms with Crippen molar-refractivity contribution in [1.82, 2.24) is 10.6 Å². The van der Waals surface area contributed by atoms with Gasteiger partial charge in [0.05, 0.1) is 13.7 Å². The summed E-state index contributed by atoms with van der Waals surface area (Å²) in [6, 6.07) is -1.19. The van der Waals surface area contributed by atoms with E-state index in [9.17, 15) is 14.4 Å². The first-order valence-electron chi connectivity index (χ1n) is 5.64. The van der Waals surface area contributed by atoms with E-state index in [0.29, 0.717) is 0 Å². The predicted octanol–water partition coefficient (Wildman–Crippen LogP) is -0.839. The van der Waals surface area contributed by atoms with Crippen molar-refractivity contribution in [2.24, 2.45) is 0 Å². The second-order valence-electron chi connectivity index (χ2n) is 4.68. The van der Waals surface area contributed by atoms with E-state index in [4.69, 9.17) is 9.84 Å². The van der Waals surface area contributed by atoms with Crippen molar-refractivity contribution in [1.29, 1.82) is 0 Å². The molecule has 0 aliphatic rings. The van der Waals surface area contributed by atoms with Gasteiger partial charge in [-0.3, -0.25) is 9.59 Å². The van der Waals surface area contributed by atoms with Crippen molar-refractivity contribution < 1.29 is 29.0 Å². The fourth-order valence-electron chi connectivity index (χ4n) is 0.999. The largest absolute Gasteiger partial charge is 0.468 e. The summed E-state index contributed by atoms with van der Waals surface area (Å²) in [5, 5.41) is 13.4. The van der Waals surface area contributed by atoms with Crippen molar-refractivity contribution in [3.05, 3.63) is 0 Å². The molecular weight excluding hydrogens is 256 g/mol. The zero-order valence-electron chi connectivity index (χ0n) is 11.5. The highest BCUT2D eigenvalue weighted by atomic mass is 16.6. The van der Waals surface area contributed by atoms with E-state index in [1.165, 1.54) is 7.11 Å². The van der Waals surface area contributed by atoms with Gasteiger partial charge in [0.2, 0.25) is 5.91 Å². The Kier molecular flexibility index (Phi) is 6.84. The molecule has 0 aliphatic heterocycles. The van der Waals surface area contributed by atoms with Crippen LogP contribution < -0.4 is 10.6 Å². The molecule has 1 atom stereocenters. The Morgan fingerprint density at radius 2 is 1.84 bits per heavy atom. The van der Waals surface area contributed by atoms with E-state index in [1.807, 2.05) is 0 Å². The number of rotatable bonds is 5. The van der Waals surface area contributed by atoms with Gasteiger partial charge in [-0.15, -0.1) is 0 Å². The Morgan fingerprint density at radius 1 is 1.26 bits per heavy atom. The van der Waals surface area contributed by atoms with E-state index < -0.39 is 36.2 Å². The number of aliphatic hydroxyl groups excluding tert-OH is 1. The predicted molar refractivity (Wildman–Crippen MR) is 65.3 cm³/mol. The first-order chi connectivity index (χ1) is 8.69. The van der Waals surface area contributed by atoms with E-state index >= 15 is 0 Å². The topological polar surface area (TPSA) is 114 Å². The Labute approximate surface area is 111 Å². The molecule has 0 aromatic carbocycles. The third-order valence-electron chi connectivity index (χ3n) is 1.82. The van der Waals surface area contributed by atoms with Crippen molar-refractivity contribution in [2.45, 2.75) is 32.4 Å². The van der Waals surface area contributed by atoms with Crippen LogP contribution in [0.5, 0.6) is 0 Å². The molecule has 3 N–H and O–H groups in total. The van der Waals surface area contributed by atoms with Gasteiger partial charge in [0.25, 0.3) is 0 Å². The Hall–Kier alpha value is -1.83. The summed E-state index contributed by atoms with van der Waals surface area (Å²) >= 11 is 0. The first kappa shape index (κ1) is 17.2. The molecule has 0 radical (unpaired) electrons. The highest BCUT2D eigenvalue weighted by Crippen LogP contribution is 2.06. The zero-order chi connectivity index (χ0) is 15.1. The Bertz CT molecular complexity index is 337. The number of amides is 2. The minimum absolute atomic E-state index is 0.345. The average Bonchev–Trinajstić information content (AvgIpc) is 2.30. The lowest BCUT2D eigenvalue weighted by atomic mass is 10.2. The molecule has 0 heterocycles. The SMILES string of the molecule is COC(=O)CNC(=O)[C@@H](CO)NC(=O)OC(C)(C)C. The van der Waals surface area contributed by atoms with Gasteiger partial charge in [0, 0.05) is 0 Å². The molecule has 0 bridgehead atoms. The van der Waals surface area contributed by atoms with Crippen molar-refractivity contribution in [3.63, 3.8) is 0 Å². The summed E-state index contributed by atoms with van der Waals surface area (Å²) in [6.45, 7) is 4.03. The van der Waals surface area contributed by atoms with Gasteiger partial charge < -0.3 is 25.2 Å². The fourth-order valence-corrected chi connectivity index (χ4v) is 0.999. The van der Waals surface area contributed by atoms with Gasteiger partial charge in [0.1, 0.15) is 18.2 Å². The second kappa shape index (κ2) is 7.57. The van der Waals surface area contributed by atoms with Crippen LogP contribution in [0.2, 0.25) is 0 Å². The van der Waals surface area contributed by atoms with Crippen LogP contribution >= 0.6 is 0 Å². The molecule has 8 heteroatoms. The molecule has 0 fully saturated rings. The number of ether oxygens (including phenoxy) is 2. The van der Waals surface area contributed by atoms with Crippen molar-refractivity contribution >= 4 is 18.0 Å². The number of aliphatic hydroxyl groups is 1. The quantitative estimate of drug-likeness (QED) is 0.564. The second-order valence-corrected chi connectivity index (χ2v) is 4.68. The maximum absolute atomic E-state index is 11.5. The third-order valence-corrected chi connectivity index (χ3v) is 1.82. The monoisotopic (exact) mass is 276 g/mol. The molecule has 0 saturated carbocycles. The van der Waals surface area contributed by atoms with Gasteiger partial charge in [-0.2, -0.15) is 0 Å². The molecule has 0 aromatic heterocycles. The average molecular weight is 276 g/mol. The molecule has 0 aromatic rings. The maximum atomic E-state index is 11.5. The van der Waals surface area contributed by atoms with E-state index in [-0.39, 0.29) is 6.54 Å². The zero-order valence-corrected chi connectivity index (χ0v) is 11.5. The lowest BCUT2D eigenvalue weighted by molar-refractivity contribution is -0.141. The van der Waals surface area contributed by atoms with E-state index in [1.54, 1.807) is 20.8 Å². The first-order valence-corrected chi connectivity index (χ1v) is 5.64. The van der Waals surface area contributed by atoms with Gasteiger partial charge in [0.15, 0.2) is 0 Å². The number of methoxy groups -OCH3 is 1. The number of esters is 1. The number of hydrogen-bond acceptors (Lipinski definition) is 6. The van der Waals surface area contributed by atoms with Crippen LogP contribution in [0.3, 0.4) is 0 Å². The van der Waals surface area contributed by atoms with Crippen LogP contribution in [0.4, 0.5) is 4.79 Å². The molecule has 19 heavy (non-hydrogen) atoms. The minimum Gasteiger partial charge on any atom is -0.468 e. The smallest absolute Gasteiger partial charge is 0.408 e. The molecule has 8 nitrogen and oxygen atoms in total. The normalized spacial score (nSPS) is 12.3. The number of carbonyl (C=O) groups excluding carboxylic acids is 3. The van der Waals surface area contributed by atoms with E-state index in [2.05, 4.69) is 15.4 Å². The highest BCUT2D eigenvalue weighted by molar-refractivity contribution is 5.88. The van der Waals surface area contributed by atoms with Gasteiger partial charge in [-0.05, 0) is 20.8 Å². The highest BCUT2D eigenvalue weighted by Gasteiger charge is 2.23. The summed E-state index contributed by atoms with van der Waals surface area (Å²) in [6.07, 6.45) is -0.834. The molecule has 0 aliphatic carbocycles. The maximum Gasteiger partial charge on any atom is 0.408 e. The third kappa shape index (κ3) is 7.98. The van der Waals surface area contributed by atoms with Crippen LogP contribution in [0.25, 0.3) is 0 Å². The van der Waals surface area contributed by atoms with Crippen LogP contribution in [0, 0.1) is 0 Å². The Balaban J connectivity index is 4.30. The van der Waals surface area contributed by atoms with Gasteiger partial charge >= 0.3 is 12.1 Å². The summed E-state index contributed by atoms with van der Waals surface area (Å²) < 4.78 is 9.27. The molecule has 0 spiro atoms. The molecule has 0 saturated heterocycles. The lowest BCUT2D eigenvalue weighted by Crippen LogP contribution is -2.51. The van der Waals surface area contributed by atoms with Crippen LogP contribution in [-0.2, 0) is 19.1 Å². The lowest BCUT2D eigenvalue weighted by Gasteiger charge is -2.22. The van der Waals surface area contributed by atoms with Crippen LogP contribution in [0.15, 0.2) is 0 Å². The number of carbonyl (C=O) groups is 3. The number of hydrogen-bond donors (Lipinski definition) is 3. The summed E-state index contributed by atoms with van der Waals surface area (Å²) in [5.74, 6) is -1.35. The standard InChI is InChI=1S/C11H20N2O6/c1-11(2,3)19-10(17)13-7(6-14)9(16)12-5-8(15)18-4/h7,14H,5-6H2,1-4H3,(H,12,16)(H,13,17)/t7-/m1/s1. The molecule has 0 rings (SSSR count). The fraction of sp³-hybridized carbons (Fsp3) is 0.727. The number of alkyl carbamates (subject to hydrolysis) is 1. The van der Waals surface area contributed by atoms with Gasteiger partial charge in [-0.1, -0.05) is 0 Å². The molecule has 0 unspecified atom stereocenters. The summed E-state index contributed by atoms with van der Waals surface area (Å²) in [4.78, 5) is 33.8. The van der Waals surface area contributed by atoms with Crippen molar-refractivity contribution in [3.8, 4) is 0 Å². The number of nitrogens with one attached hydrogen (secondary N) is 2. The Morgan fingerprint density at radius 3 is 2.26 bits per heavy atom. The molecule has 110 valence electrons. The van der Waals surface area contributed by atoms with Crippen molar-refractivity contribution in [2.75, 3.05) is 20.3 Å². The minimum atomic E-state index is -1.19. The molecule has 2 amide bonds. The van der Waals surface area contributed by atoms with Crippen LogP contribution in [-0.4, -0.2) is 55.0 Å². The molecular formula is C11H20N2O6.